The van der Waals surface area contributed by atoms with Crippen LogP contribution in [0.2, 0.25) is 0 Å². The normalized spacial score (nSPS) is 12.0. The van der Waals surface area contributed by atoms with Crippen molar-refractivity contribution in [2.75, 3.05) is 7.11 Å². The average Bonchev–Trinajstić information content (AvgIpc) is 3.21. The van der Waals surface area contributed by atoms with Crippen LogP contribution in [0.5, 0.6) is 11.5 Å². The Bertz CT molecular complexity index is 1040. The molecule has 0 saturated carbocycles. The van der Waals surface area contributed by atoms with E-state index < -0.39 is 23.1 Å². The molecule has 0 spiro atoms. The Hall–Kier alpha value is -2.87. The second-order valence-corrected chi connectivity index (χ2v) is 8.33. The number of methoxy groups -OCH3 is 1. The Morgan fingerprint density at radius 1 is 1.03 bits per heavy atom. The van der Waals surface area contributed by atoms with Gasteiger partial charge < -0.3 is 9.47 Å². The smallest absolute Gasteiger partial charge is 0.416 e. The van der Waals surface area contributed by atoms with Gasteiger partial charge in [0.15, 0.2) is 0 Å². The highest BCUT2D eigenvalue weighted by molar-refractivity contribution is 7.03. The third-order valence-corrected chi connectivity index (χ3v) is 5.03. The molecule has 3 rings (SSSR count). The number of ether oxygens (including phenoxy) is 2. The van der Waals surface area contributed by atoms with Gasteiger partial charge in [-0.15, -0.1) is 0 Å². The minimum absolute atomic E-state index is 0.122. The second-order valence-electron chi connectivity index (χ2n) is 7.67. The van der Waals surface area contributed by atoms with E-state index in [1.807, 2.05) is 0 Å². The zero-order chi connectivity index (χ0) is 22.1. The van der Waals surface area contributed by atoms with E-state index in [1.54, 1.807) is 45.0 Å². The van der Waals surface area contributed by atoms with E-state index in [0.717, 1.165) is 17.6 Å². The summed E-state index contributed by atoms with van der Waals surface area (Å²) < 4.78 is 56.3. The van der Waals surface area contributed by atoms with Crippen LogP contribution in [0, 0.1) is 0 Å². The lowest BCUT2D eigenvalue weighted by Crippen LogP contribution is -2.21. The first-order valence-electron chi connectivity index (χ1n) is 9.02. The van der Waals surface area contributed by atoms with Crippen molar-refractivity contribution in [2.45, 2.75) is 32.4 Å². The van der Waals surface area contributed by atoms with Crippen molar-refractivity contribution in [3.8, 4) is 22.6 Å². The predicted molar refractivity (Wildman–Crippen MR) is 109 cm³/mol. The topological polar surface area (TPSA) is 48.4 Å². The highest BCUT2D eigenvalue weighted by Crippen LogP contribution is 2.45. The number of rotatable bonds is 4. The molecule has 0 bridgehead atoms. The quantitative estimate of drug-likeness (QED) is 0.354. The van der Waals surface area contributed by atoms with Gasteiger partial charge in [-0.25, -0.2) is 9.17 Å². The number of benzene rings is 2. The summed E-state index contributed by atoms with van der Waals surface area (Å²) in [6.07, 6.45) is -3.32. The van der Waals surface area contributed by atoms with Crippen LogP contribution in [-0.4, -0.2) is 17.5 Å². The number of hydrogen-bond acceptors (Lipinski definition) is 5. The van der Waals surface area contributed by atoms with Gasteiger partial charge in [0, 0.05) is 5.38 Å². The molecule has 158 valence electrons. The summed E-state index contributed by atoms with van der Waals surface area (Å²) in [6.45, 7) is 5.15. The number of esters is 1. The lowest BCUT2D eigenvalue weighted by Gasteiger charge is -2.28. The van der Waals surface area contributed by atoms with Crippen molar-refractivity contribution in [2.24, 2.45) is 0 Å². The molecule has 1 heterocycles. The molecule has 4 nitrogen and oxygen atoms in total. The van der Waals surface area contributed by atoms with Crippen LogP contribution in [0.1, 0.15) is 42.3 Å². The molecule has 0 amide bonds. The van der Waals surface area contributed by atoms with Crippen molar-refractivity contribution in [3.63, 3.8) is 0 Å². The molecule has 0 aliphatic heterocycles. The molecule has 2 aromatic carbocycles. The molecule has 0 atom stereocenters. The number of carbonyl (C=O) groups excluding carboxylic acids is 1. The highest BCUT2D eigenvalue weighted by atomic mass is 32.1. The molecular formula is C22H20F3NO3S. The Kier molecular flexibility index (Phi) is 5.90. The van der Waals surface area contributed by atoms with E-state index in [-0.39, 0.29) is 16.9 Å². The fourth-order valence-corrected chi connectivity index (χ4v) is 3.68. The molecular weight excluding hydrogens is 415 g/mol. The SMILES string of the molecule is COc1ccc(-c2cc(OC(=O)c3cnsc3)cc(C(F)(F)F)c2C(C)(C)C)cc1. The monoisotopic (exact) mass is 435 g/mol. The van der Waals surface area contributed by atoms with E-state index in [0.29, 0.717) is 16.9 Å². The number of alkyl halides is 3. The highest BCUT2D eigenvalue weighted by Gasteiger charge is 2.39. The molecule has 0 saturated heterocycles. The van der Waals surface area contributed by atoms with E-state index in [9.17, 15) is 18.0 Å². The number of hydrogen-bond donors (Lipinski definition) is 0. The second kappa shape index (κ2) is 8.10. The van der Waals surface area contributed by atoms with Crippen molar-refractivity contribution in [1.29, 1.82) is 0 Å². The Morgan fingerprint density at radius 2 is 1.70 bits per heavy atom. The minimum atomic E-state index is -4.63. The van der Waals surface area contributed by atoms with E-state index in [2.05, 4.69) is 4.37 Å². The van der Waals surface area contributed by atoms with Crippen molar-refractivity contribution >= 4 is 17.5 Å². The summed E-state index contributed by atoms with van der Waals surface area (Å²) >= 11 is 1.05. The van der Waals surface area contributed by atoms with Crippen LogP contribution in [0.4, 0.5) is 13.2 Å². The first kappa shape index (κ1) is 21.8. The summed E-state index contributed by atoms with van der Waals surface area (Å²) in [5.74, 6) is -0.363. The molecule has 3 aromatic rings. The molecule has 0 aliphatic carbocycles. The molecule has 0 fully saturated rings. The largest absolute Gasteiger partial charge is 0.497 e. The van der Waals surface area contributed by atoms with Gasteiger partial charge in [-0.3, -0.25) is 0 Å². The third-order valence-electron chi connectivity index (χ3n) is 4.45. The van der Waals surface area contributed by atoms with Crippen LogP contribution in [0.3, 0.4) is 0 Å². The number of aromatic nitrogens is 1. The molecule has 0 unspecified atom stereocenters. The summed E-state index contributed by atoms with van der Waals surface area (Å²) in [4.78, 5) is 12.3. The van der Waals surface area contributed by atoms with Crippen LogP contribution < -0.4 is 9.47 Å². The number of halogens is 3. The molecule has 30 heavy (non-hydrogen) atoms. The van der Waals surface area contributed by atoms with Gasteiger partial charge in [0.25, 0.3) is 0 Å². The van der Waals surface area contributed by atoms with Gasteiger partial charge in [-0.05, 0) is 57.9 Å². The van der Waals surface area contributed by atoms with E-state index in [1.165, 1.54) is 24.8 Å². The van der Waals surface area contributed by atoms with Gasteiger partial charge >= 0.3 is 12.1 Å². The fourth-order valence-electron chi connectivity index (χ4n) is 3.18. The summed E-state index contributed by atoms with van der Waals surface area (Å²) in [5, 5.41) is 1.47. The molecule has 0 radical (unpaired) electrons. The first-order chi connectivity index (χ1) is 14.0. The van der Waals surface area contributed by atoms with Crippen LogP contribution in [0.25, 0.3) is 11.1 Å². The van der Waals surface area contributed by atoms with E-state index in [4.69, 9.17) is 9.47 Å². The lowest BCUT2D eigenvalue weighted by molar-refractivity contribution is -0.138. The zero-order valence-corrected chi connectivity index (χ0v) is 17.6. The first-order valence-corrected chi connectivity index (χ1v) is 9.86. The maximum atomic E-state index is 14.0. The molecule has 0 N–H and O–H groups in total. The maximum Gasteiger partial charge on any atom is 0.416 e. The van der Waals surface area contributed by atoms with E-state index >= 15 is 0 Å². The van der Waals surface area contributed by atoms with Crippen LogP contribution >= 0.6 is 11.5 Å². The van der Waals surface area contributed by atoms with Crippen LogP contribution in [-0.2, 0) is 11.6 Å². The predicted octanol–water partition coefficient (Wildman–Crippen LogP) is 6.35. The minimum Gasteiger partial charge on any atom is -0.497 e. The van der Waals surface area contributed by atoms with Crippen molar-refractivity contribution in [1.82, 2.24) is 4.37 Å². The van der Waals surface area contributed by atoms with Gasteiger partial charge in [0.05, 0.1) is 24.4 Å². The fraction of sp³-hybridized carbons (Fsp3) is 0.273. The standard InChI is InChI=1S/C22H20F3NO3S/c1-21(2,3)19-17(13-5-7-15(28-4)8-6-13)9-16(10-18(19)22(23,24)25)29-20(27)14-11-26-30-12-14/h5-12H,1-4H3. The summed E-state index contributed by atoms with van der Waals surface area (Å²) in [7, 11) is 1.51. The zero-order valence-electron chi connectivity index (χ0n) is 16.8. The molecule has 0 aliphatic rings. The number of nitrogens with zero attached hydrogens (tertiary/aromatic N) is 1. The van der Waals surface area contributed by atoms with Crippen LogP contribution in [0.15, 0.2) is 48.0 Å². The molecule has 8 heteroatoms. The Morgan fingerprint density at radius 3 is 2.20 bits per heavy atom. The van der Waals surface area contributed by atoms with Gasteiger partial charge in [0.1, 0.15) is 11.5 Å². The Labute approximate surface area is 176 Å². The van der Waals surface area contributed by atoms with Gasteiger partial charge in [-0.1, -0.05) is 32.9 Å². The third kappa shape index (κ3) is 4.64. The van der Waals surface area contributed by atoms with Gasteiger partial charge in [0.2, 0.25) is 0 Å². The van der Waals surface area contributed by atoms with Crippen molar-refractivity contribution < 1.29 is 27.4 Å². The van der Waals surface area contributed by atoms with Crippen molar-refractivity contribution in [3.05, 3.63) is 64.7 Å². The lowest BCUT2D eigenvalue weighted by atomic mass is 9.78. The maximum absolute atomic E-state index is 14.0. The number of carbonyl (C=O) groups is 1. The summed E-state index contributed by atoms with van der Waals surface area (Å²) in [5.41, 5.74) is -0.460. The Balaban J connectivity index is 2.21. The molecule has 1 aromatic heterocycles. The average molecular weight is 435 g/mol. The summed E-state index contributed by atoms with van der Waals surface area (Å²) in [6, 6.07) is 9.05. The van der Waals surface area contributed by atoms with Gasteiger partial charge in [-0.2, -0.15) is 13.2 Å².